The zero-order valence-corrected chi connectivity index (χ0v) is 9.80. The molecule has 0 saturated heterocycles. The van der Waals surface area contributed by atoms with Crippen molar-refractivity contribution in [2.75, 3.05) is 13.1 Å². The molecule has 0 N–H and O–H groups in total. The number of Topliss-reactive ketones (excluding diaryl/α,β-unsaturated/α-hetero) is 1. The maximum atomic E-state index is 12.2. The molecule has 1 aromatic rings. The van der Waals surface area contributed by atoms with Gasteiger partial charge in [0, 0.05) is 31.6 Å². The van der Waals surface area contributed by atoms with Crippen molar-refractivity contribution in [2.24, 2.45) is 0 Å². The number of likely N-dealkylation sites (N-methyl/N-ethyl adjacent to an activating group) is 1. The third-order valence-corrected chi connectivity index (χ3v) is 2.75. The van der Waals surface area contributed by atoms with Gasteiger partial charge in [-0.3, -0.25) is 9.59 Å². The Bertz CT molecular complexity index is 504. The molecule has 88 valence electrons. The first-order chi connectivity index (χ1) is 8.19. The van der Waals surface area contributed by atoms with Crippen LogP contribution < -0.4 is 0 Å². The van der Waals surface area contributed by atoms with E-state index in [2.05, 4.69) is 9.97 Å². The molecule has 0 unspecified atom stereocenters. The summed E-state index contributed by atoms with van der Waals surface area (Å²) in [6, 6.07) is 0. The number of allylic oxidation sites excluding steroid dienone is 2. The van der Waals surface area contributed by atoms with E-state index < -0.39 is 0 Å². The largest absolute Gasteiger partial charge is 0.369 e. The fraction of sp³-hybridized carbons (Fsp3) is 0.333. The summed E-state index contributed by atoms with van der Waals surface area (Å²) in [5, 5.41) is 0. The van der Waals surface area contributed by atoms with Crippen LogP contribution in [-0.4, -0.2) is 39.5 Å². The highest BCUT2D eigenvalue weighted by Crippen LogP contribution is 2.19. The minimum absolute atomic E-state index is 0.147. The number of carbonyl (C=O) groups is 2. The molecular formula is C12H13N3O2. The lowest BCUT2D eigenvalue weighted by molar-refractivity contribution is 0.0945. The van der Waals surface area contributed by atoms with Gasteiger partial charge in [0.1, 0.15) is 11.4 Å². The number of nitrogens with zero attached hydrogens (tertiary/aromatic N) is 3. The molecule has 0 spiro atoms. The summed E-state index contributed by atoms with van der Waals surface area (Å²) < 4.78 is 0. The molecule has 0 radical (unpaired) electrons. The summed E-state index contributed by atoms with van der Waals surface area (Å²) >= 11 is 0. The molecule has 0 bridgehead atoms. The Kier molecular flexibility index (Phi) is 2.99. The van der Waals surface area contributed by atoms with Crippen LogP contribution in [0.5, 0.6) is 0 Å². The molecule has 0 saturated carbocycles. The Labute approximate surface area is 99.2 Å². The second-order valence-corrected chi connectivity index (χ2v) is 3.65. The number of aromatic nitrogens is 2. The molecule has 0 aromatic carbocycles. The van der Waals surface area contributed by atoms with Gasteiger partial charge >= 0.3 is 0 Å². The molecule has 5 heteroatoms. The van der Waals surface area contributed by atoms with E-state index in [4.69, 9.17) is 0 Å². The predicted octanol–water partition coefficient (Wildman–Crippen LogP) is 1.08. The summed E-state index contributed by atoms with van der Waals surface area (Å²) in [4.78, 5) is 33.7. The average Bonchev–Trinajstić information content (AvgIpc) is 2.37. The van der Waals surface area contributed by atoms with Crippen LogP contribution in [0.4, 0.5) is 0 Å². The highest BCUT2D eigenvalue weighted by atomic mass is 16.1. The lowest BCUT2D eigenvalue weighted by Crippen LogP contribution is -2.32. The van der Waals surface area contributed by atoms with E-state index >= 15 is 0 Å². The highest BCUT2D eigenvalue weighted by molar-refractivity contribution is 6.22. The van der Waals surface area contributed by atoms with Crippen molar-refractivity contribution in [3.63, 3.8) is 0 Å². The van der Waals surface area contributed by atoms with Crippen LogP contribution in [0.15, 0.2) is 24.2 Å². The lowest BCUT2D eigenvalue weighted by atomic mass is 10.0. The van der Waals surface area contributed by atoms with Crippen LogP contribution in [0.1, 0.15) is 34.8 Å². The summed E-state index contributed by atoms with van der Waals surface area (Å²) in [6.45, 7) is 5.23. The number of ketones is 2. The Hall–Kier alpha value is -2.04. The molecule has 2 rings (SSSR count). The Morgan fingerprint density at radius 3 is 2.24 bits per heavy atom. The van der Waals surface area contributed by atoms with Crippen molar-refractivity contribution >= 4 is 11.6 Å². The Balaban J connectivity index is 2.48. The molecule has 1 aliphatic carbocycles. The zero-order valence-electron chi connectivity index (χ0n) is 9.80. The summed E-state index contributed by atoms with van der Waals surface area (Å²) in [7, 11) is 0. The highest BCUT2D eigenvalue weighted by Gasteiger charge is 2.29. The third kappa shape index (κ3) is 1.84. The average molecular weight is 231 g/mol. The molecule has 0 atom stereocenters. The van der Waals surface area contributed by atoms with Gasteiger partial charge in [0.2, 0.25) is 11.6 Å². The lowest BCUT2D eigenvalue weighted by Gasteiger charge is -2.25. The van der Waals surface area contributed by atoms with Crippen LogP contribution in [0, 0.1) is 0 Å². The summed E-state index contributed by atoms with van der Waals surface area (Å²) in [5.41, 5.74) is 0.711. The molecule has 17 heavy (non-hydrogen) atoms. The molecule has 0 fully saturated rings. The summed E-state index contributed by atoms with van der Waals surface area (Å²) in [5.74, 6) is -0.481. The monoisotopic (exact) mass is 231 g/mol. The fourth-order valence-corrected chi connectivity index (χ4v) is 1.86. The van der Waals surface area contributed by atoms with Crippen molar-refractivity contribution in [1.29, 1.82) is 0 Å². The summed E-state index contributed by atoms with van der Waals surface area (Å²) in [6.07, 6.45) is 4.20. The van der Waals surface area contributed by atoms with E-state index in [0.29, 0.717) is 18.8 Å². The minimum atomic E-state index is -0.255. The first-order valence-electron chi connectivity index (χ1n) is 5.55. The van der Waals surface area contributed by atoms with Crippen molar-refractivity contribution in [2.45, 2.75) is 13.8 Å². The molecule has 0 amide bonds. The van der Waals surface area contributed by atoms with Crippen LogP contribution in [0.2, 0.25) is 0 Å². The van der Waals surface area contributed by atoms with E-state index in [1.54, 1.807) is 0 Å². The first-order valence-corrected chi connectivity index (χ1v) is 5.55. The van der Waals surface area contributed by atoms with Gasteiger partial charge in [-0.1, -0.05) is 0 Å². The Morgan fingerprint density at radius 2 is 1.65 bits per heavy atom. The van der Waals surface area contributed by atoms with E-state index in [-0.39, 0.29) is 23.0 Å². The van der Waals surface area contributed by atoms with Crippen molar-refractivity contribution in [3.05, 3.63) is 35.6 Å². The third-order valence-electron chi connectivity index (χ3n) is 2.75. The zero-order chi connectivity index (χ0) is 12.4. The van der Waals surface area contributed by atoms with Crippen molar-refractivity contribution in [3.8, 4) is 0 Å². The van der Waals surface area contributed by atoms with Gasteiger partial charge in [-0.25, -0.2) is 9.97 Å². The van der Waals surface area contributed by atoms with Gasteiger partial charge in [0.25, 0.3) is 0 Å². The van der Waals surface area contributed by atoms with E-state index in [0.717, 1.165) is 0 Å². The number of fused-ring (bicyclic) bond motifs is 1. The van der Waals surface area contributed by atoms with E-state index in [9.17, 15) is 9.59 Å². The van der Waals surface area contributed by atoms with Crippen LogP contribution >= 0.6 is 0 Å². The van der Waals surface area contributed by atoms with Crippen LogP contribution in [-0.2, 0) is 0 Å². The van der Waals surface area contributed by atoms with Gasteiger partial charge in [-0.2, -0.15) is 0 Å². The van der Waals surface area contributed by atoms with Crippen LogP contribution in [0.3, 0.4) is 0 Å². The number of hydrogen-bond donors (Lipinski definition) is 0. The molecule has 1 heterocycles. The smallest absolute Gasteiger partial charge is 0.229 e. The molecule has 1 aromatic heterocycles. The quantitative estimate of drug-likeness (QED) is 0.779. The van der Waals surface area contributed by atoms with Gasteiger partial charge in [-0.15, -0.1) is 0 Å². The van der Waals surface area contributed by atoms with Gasteiger partial charge in [0.15, 0.2) is 0 Å². The standard InChI is InChI=1S/C12H13N3O2/c1-3-15(4-2)8-7-9(16)10-11(12(8)17)14-6-5-13-10/h5-7H,3-4H2,1-2H3. The van der Waals surface area contributed by atoms with E-state index in [1.165, 1.54) is 18.5 Å². The first kappa shape index (κ1) is 11.4. The normalized spacial score (nSPS) is 14.4. The van der Waals surface area contributed by atoms with Crippen LogP contribution in [0.25, 0.3) is 0 Å². The maximum Gasteiger partial charge on any atom is 0.229 e. The molecule has 5 nitrogen and oxygen atoms in total. The fourth-order valence-electron chi connectivity index (χ4n) is 1.86. The van der Waals surface area contributed by atoms with E-state index in [1.807, 2.05) is 18.7 Å². The maximum absolute atomic E-state index is 12.2. The van der Waals surface area contributed by atoms with Crippen molar-refractivity contribution in [1.82, 2.24) is 14.9 Å². The molecule has 1 aliphatic rings. The SMILES string of the molecule is CCN(CC)C1=CC(=O)c2nccnc2C1=O. The minimum Gasteiger partial charge on any atom is -0.369 e. The number of carbonyl (C=O) groups excluding carboxylic acids is 2. The molecular weight excluding hydrogens is 218 g/mol. The second kappa shape index (κ2) is 4.45. The van der Waals surface area contributed by atoms with Gasteiger partial charge in [-0.05, 0) is 13.8 Å². The van der Waals surface area contributed by atoms with Gasteiger partial charge < -0.3 is 4.90 Å². The number of rotatable bonds is 3. The molecule has 0 aliphatic heterocycles. The Morgan fingerprint density at radius 1 is 1.06 bits per heavy atom. The van der Waals surface area contributed by atoms with Gasteiger partial charge in [0.05, 0.1) is 5.70 Å². The number of hydrogen-bond acceptors (Lipinski definition) is 5. The predicted molar refractivity (Wildman–Crippen MR) is 61.7 cm³/mol. The van der Waals surface area contributed by atoms with Crippen molar-refractivity contribution < 1.29 is 9.59 Å². The second-order valence-electron chi connectivity index (χ2n) is 3.65. The topological polar surface area (TPSA) is 63.2 Å².